The number of nitrogens with zero attached hydrogens (tertiary/aromatic N) is 1. The number of hydrogen-bond donors (Lipinski definition) is 1. The van der Waals surface area contributed by atoms with Gasteiger partial charge in [-0.3, -0.25) is 9.59 Å². The first-order chi connectivity index (χ1) is 12.1. The summed E-state index contributed by atoms with van der Waals surface area (Å²) < 4.78 is 5.67. The first kappa shape index (κ1) is 17.3. The Hall–Kier alpha value is -2.53. The Morgan fingerprint density at radius 2 is 2.00 bits per heavy atom. The molecular formula is C19H19ClN2O3. The minimum atomic E-state index is -0.220. The maximum atomic E-state index is 12.4. The van der Waals surface area contributed by atoms with Crippen LogP contribution < -0.4 is 15.0 Å². The maximum absolute atomic E-state index is 12.4. The summed E-state index contributed by atoms with van der Waals surface area (Å²) >= 11 is 6.06. The highest BCUT2D eigenvalue weighted by molar-refractivity contribution is 6.32. The molecular weight excluding hydrogens is 340 g/mol. The van der Waals surface area contributed by atoms with Gasteiger partial charge in [0.2, 0.25) is 5.91 Å². The van der Waals surface area contributed by atoms with E-state index in [0.717, 1.165) is 5.56 Å². The standard InChI is InChI=1S/C19H19ClN2O3/c1-13-7-8-16-14(11-13)19(24)21-12-18(23)22(16)9-4-10-25-17-6-3-2-5-15(17)20/h2-3,5-8,11H,4,9-10,12H2,1H3,(H,21,24). The van der Waals surface area contributed by atoms with Gasteiger partial charge in [0.25, 0.3) is 5.91 Å². The topological polar surface area (TPSA) is 58.6 Å². The van der Waals surface area contributed by atoms with Crippen LogP contribution in [0, 0.1) is 6.92 Å². The molecule has 0 radical (unpaired) electrons. The Kier molecular flexibility index (Phi) is 5.24. The van der Waals surface area contributed by atoms with Gasteiger partial charge in [0.05, 0.1) is 29.4 Å². The van der Waals surface area contributed by atoms with Crippen LogP contribution in [0.1, 0.15) is 22.3 Å². The van der Waals surface area contributed by atoms with Crippen LogP contribution >= 0.6 is 11.6 Å². The van der Waals surface area contributed by atoms with Gasteiger partial charge in [-0.05, 0) is 37.6 Å². The van der Waals surface area contributed by atoms with Crippen molar-refractivity contribution in [1.82, 2.24) is 5.32 Å². The highest BCUT2D eigenvalue weighted by Gasteiger charge is 2.26. The second kappa shape index (κ2) is 7.57. The van der Waals surface area contributed by atoms with Crippen molar-refractivity contribution in [3.05, 3.63) is 58.6 Å². The molecule has 2 aromatic rings. The van der Waals surface area contributed by atoms with Crippen LogP contribution in [-0.2, 0) is 4.79 Å². The van der Waals surface area contributed by atoms with Gasteiger partial charge in [-0.25, -0.2) is 0 Å². The van der Waals surface area contributed by atoms with Gasteiger partial charge in [0.1, 0.15) is 5.75 Å². The number of fused-ring (bicyclic) bond motifs is 1. The average molecular weight is 359 g/mol. The monoisotopic (exact) mass is 358 g/mol. The lowest BCUT2D eigenvalue weighted by molar-refractivity contribution is -0.117. The van der Waals surface area contributed by atoms with Gasteiger partial charge in [0, 0.05) is 6.54 Å². The van der Waals surface area contributed by atoms with Crippen molar-refractivity contribution >= 4 is 29.1 Å². The SMILES string of the molecule is Cc1ccc2c(c1)C(=O)NCC(=O)N2CCCOc1ccccc1Cl. The fourth-order valence-electron chi connectivity index (χ4n) is 2.76. The molecule has 0 bridgehead atoms. The molecule has 2 amide bonds. The molecule has 0 saturated carbocycles. The first-order valence-electron chi connectivity index (χ1n) is 8.13. The summed E-state index contributed by atoms with van der Waals surface area (Å²) in [6.07, 6.45) is 0.623. The molecule has 1 N–H and O–H groups in total. The molecule has 6 heteroatoms. The van der Waals surface area contributed by atoms with Crippen molar-refractivity contribution in [3.8, 4) is 5.75 Å². The summed E-state index contributed by atoms with van der Waals surface area (Å²) in [5.41, 5.74) is 2.14. The molecule has 0 spiro atoms. The average Bonchev–Trinajstić information content (AvgIpc) is 2.71. The number of aryl methyl sites for hydroxylation is 1. The third-order valence-corrected chi connectivity index (χ3v) is 4.32. The number of para-hydroxylation sites is 1. The first-order valence-corrected chi connectivity index (χ1v) is 8.50. The minimum absolute atomic E-state index is 0.00205. The zero-order valence-electron chi connectivity index (χ0n) is 13.9. The Morgan fingerprint density at radius 3 is 2.80 bits per heavy atom. The number of carbonyl (C=O) groups is 2. The largest absolute Gasteiger partial charge is 0.492 e. The molecule has 130 valence electrons. The van der Waals surface area contributed by atoms with Gasteiger partial charge in [-0.15, -0.1) is 0 Å². The number of benzene rings is 2. The van der Waals surface area contributed by atoms with E-state index in [1.807, 2.05) is 31.2 Å². The van der Waals surface area contributed by atoms with Crippen LogP contribution in [0.5, 0.6) is 5.75 Å². The van der Waals surface area contributed by atoms with E-state index in [-0.39, 0.29) is 18.4 Å². The predicted molar refractivity (Wildman–Crippen MR) is 97.4 cm³/mol. The molecule has 2 aromatic carbocycles. The number of amides is 2. The van der Waals surface area contributed by atoms with Crippen LogP contribution in [0.2, 0.25) is 5.02 Å². The second-order valence-electron chi connectivity index (χ2n) is 5.88. The molecule has 0 saturated heterocycles. The number of ether oxygens (including phenoxy) is 1. The second-order valence-corrected chi connectivity index (χ2v) is 6.29. The molecule has 0 aromatic heterocycles. The van der Waals surface area contributed by atoms with Crippen LogP contribution in [-0.4, -0.2) is 31.5 Å². The fraction of sp³-hybridized carbons (Fsp3) is 0.263. The summed E-state index contributed by atoms with van der Waals surface area (Å²) in [7, 11) is 0. The summed E-state index contributed by atoms with van der Waals surface area (Å²) in [5, 5.41) is 3.21. The van der Waals surface area contributed by atoms with Gasteiger partial charge < -0.3 is 15.0 Å². The Morgan fingerprint density at radius 1 is 1.20 bits per heavy atom. The van der Waals surface area contributed by atoms with Gasteiger partial charge in [-0.2, -0.15) is 0 Å². The molecule has 0 aliphatic carbocycles. The summed E-state index contributed by atoms with van der Waals surface area (Å²) in [6.45, 7) is 2.81. The summed E-state index contributed by atoms with van der Waals surface area (Å²) in [5.74, 6) is 0.273. The Balaban J connectivity index is 1.69. The van der Waals surface area contributed by atoms with Crippen LogP contribution in [0.25, 0.3) is 0 Å². The third kappa shape index (κ3) is 3.94. The van der Waals surface area contributed by atoms with E-state index in [2.05, 4.69) is 5.32 Å². The van der Waals surface area contributed by atoms with E-state index in [0.29, 0.717) is 41.6 Å². The van der Waals surface area contributed by atoms with Crippen molar-refractivity contribution < 1.29 is 14.3 Å². The lowest BCUT2D eigenvalue weighted by atomic mass is 10.1. The van der Waals surface area contributed by atoms with E-state index in [9.17, 15) is 9.59 Å². The van der Waals surface area contributed by atoms with Crippen LogP contribution in [0.4, 0.5) is 5.69 Å². The van der Waals surface area contributed by atoms with E-state index in [4.69, 9.17) is 16.3 Å². The van der Waals surface area contributed by atoms with Gasteiger partial charge >= 0.3 is 0 Å². The molecule has 1 aliphatic rings. The summed E-state index contributed by atoms with van der Waals surface area (Å²) in [6, 6.07) is 12.8. The van der Waals surface area contributed by atoms with E-state index in [1.165, 1.54) is 0 Å². The number of nitrogens with one attached hydrogen (secondary N) is 1. The molecule has 0 unspecified atom stereocenters. The number of halogens is 1. The lowest BCUT2D eigenvalue weighted by Gasteiger charge is -2.22. The predicted octanol–water partition coefficient (Wildman–Crippen LogP) is 3.19. The van der Waals surface area contributed by atoms with Crippen molar-refractivity contribution in [2.75, 3.05) is 24.6 Å². The zero-order valence-corrected chi connectivity index (χ0v) is 14.7. The smallest absolute Gasteiger partial charge is 0.253 e. The van der Waals surface area contributed by atoms with Crippen molar-refractivity contribution in [1.29, 1.82) is 0 Å². The quantitative estimate of drug-likeness (QED) is 0.835. The third-order valence-electron chi connectivity index (χ3n) is 4.01. The van der Waals surface area contributed by atoms with E-state index in [1.54, 1.807) is 23.1 Å². The Labute approximate surface area is 151 Å². The number of carbonyl (C=O) groups excluding carboxylic acids is 2. The number of hydrogen-bond acceptors (Lipinski definition) is 3. The molecule has 0 atom stereocenters. The molecule has 25 heavy (non-hydrogen) atoms. The normalized spacial score (nSPS) is 13.9. The maximum Gasteiger partial charge on any atom is 0.253 e. The van der Waals surface area contributed by atoms with Gasteiger partial charge in [-0.1, -0.05) is 35.4 Å². The highest BCUT2D eigenvalue weighted by Crippen LogP contribution is 2.25. The Bertz CT molecular complexity index is 807. The molecule has 1 aliphatic heterocycles. The van der Waals surface area contributed by atoms with E-state index >= 15 is 0 Å². The summed E-state index contributed by atoms with van der Waals surface area (Å²) in [4.78, 5) is 26.2. The van der Waals surface area contributed by atoms with Crippen molar-refractivity contribution in [3.63, 3.8) is 0 Å². The molecule has 0 fully saturated rings. The fourth-order valence-corrected chi connectivity index (χ4v) is 2.95. The number of anilines is 1. The van der Waals surface area contributed by atoms with Crippen molar-refractivity contribution in [2.45, 2.75) is 13.3 Å². The minimum Gasteiger partial charge on any atom is -0.492 e. The molecule has 5 nitrogen and oxygen atoms in total. The van der Waals surface area contributed by atoms with Crippen LogP contribution in [0.15, 0.2) is 42.5 Å². The number of rotatable bonds is 5. The lowest BCUT2D eigenvalue weighted by Crippen LogP contribution is -2.37. The van der Waals surface area contributed by atoms with Crippen molar-refractivity contribution in [2.24, 2.45) is 0 Å². The molecule has 1 heterocycles. The van der Waals surface area contributed by atoms with E-state index < -0.39 is 0 Å². The zero-order chi connectivity index (χ0) is 17.8. The highest BCUT2D eigenvalue weighted by atomic mass is 35.5. The van der Waals surface area contributed by atoms with Gasteiger partial charge in [0.15, 0.2) is 0 Å². The van der Waals surface area contributed by atoms with Crippen LogP contribution in [0.3, 0.4) is 0 Å². The molecule has 3 rings (SSSR count).